The Labute approximate surface area is 177 Å². The summed E-state index contributed by atoms with van der Waals surface area (Å²) in [5, 5.41) is 9.33. The molecule has 0 unspecified atom stereocenters. The summed E-state index contributed by atoms with van der Waals surface area (Å²) in [6.07, 6.45) is -5.20. The van der Waals surface area contributed by atoms with Crippen molar-refractivity contribution in [1.82, 2.24) is 0 Å². The molecule has 0 aromatic heterocycles. The van der Waals surface area contributed by atoms with E-state index in [0.29, 0.717) is 24.5 Å². The van der Waals surface area contributed by atoms with Gasteiger partial charge in [-0.3, -0.25) is 4.79 Å². The van der Waals surface area contributed by atoms with Gasteiger partial charge in [0.1, 0.15) is 6.61 Å². The normalized spacial score (nSPS) is 15.2. The summed E-state index contributed by atoms with van der Waals surface area (Å²) in [6, 6.07) is 8.39. The van der Waals surface area contributed by atoms with Crippen LogP contribution in [0, 0.1) is 0 Å². The average Bonchev–Trinajstić information content (AvgIpc) is 3.26. The molecule has 1 N–H and O–H groups in total. The van der Waals surface area contributed by atoms with Gasteiger partial charge in [-0.15, -0.1) is 0 Å². The molecule has 2 aromatic rings. The van der Waals surface area contributed by atoms with Crippen LogP contribution in [0.4, 0.5) is 13.2 Å². The first-order chi connectivity index (χ1) is 14.5. The van der Waals surface area contributed by atoms with E-state index in [9.17, 15) is 23.1 Å². The summed E-state index contributed by atoms with van der Waals surface area (Å²) in [6.45, 7) is 3.27. The number of hydrogen-bond donors (Lipinski definition) is 1. The Kier molecular flexibility index (Phi) is 6.47. The molecule has 0 amide bonds. The fourth-order valence-electron chi connectivity index (χ4n) is 3.13. The van der Waals surface area contributed by atoms with Gasteiger partial charge < -0.3 is 24.1 Å². The zero-order chi connectivity index (χ0) is 22.8. The molecular weight excluding hydrogens is 417 g/mol. The van der Waals surface area contributed by atoms with Gasteiger partial charge in [0.2, 0.25) is 0 Å². The van der Waals surface area contributed by atoms with Crippen LogP contribution in [0.3, 0.4) is 0 Å². The largest absolute Gasteiger partial charge is 0.493 e. The molecule has 0 radical (unpaired) electrons. The predicted molar refractivity (Wildman–Crippen MR) is 104 cm³/mol. The van der Waals surface area contributed by atoms with E-state index in [1.807, 2.05) is 0 Å². The molecule has 0 saturated carbocycles. The standard InChI is InChI=1S/C22H23F3O6/c1-21(2,20(26)27)15-6-4-14(16(11-15)22(23,24)25)12-31-17-7-5-13(10-18(17)28-3)19-29-8-9-30-19/h4-7,10-11,19H,8-9,12H2,1-3H3,(H,26,27). The zero-order valence-corrected chi connectivity index (χ0v) is 17.3. The minimum absolute atomic E-state index is 0.0505. The lowest BCUT2D eigenvalue weighted by Gasteiger charge is -2.23. The highest BCUT2D eigenvalue weighted by atomic mass is 19.4. The van der Waals surface area contributed by atoms with E-state index in [0.717, 1.165) is 6.07 Å². The van der Waals surface area contributed by atoms with E-state index >= 15 is 0 Å². The molecule has 6 nitrogen and oxygen atoms in total. The van der Waals surface area contributed by atoms with E-state index in [2.05, 4.69) is 0 Å². The third-order valence-corrected chi connectivity index (χ3v) is 5.14. The number of rotatable bonds is 7. The molecule has 0 atom stereocenters. The lowest BCUT2D eigenvalue weighted by molar-refractivity contribution is -0.143. The topological polar surface area (TPSA) is 74.2 Å². The number of alkyl halides is 3. The summed E-state index contributed by atoms with van der Waals surface area (Å²) >= 11 is 0. The van der Waals surface area contributed by atoms with Crippen molar-refractivity contribution in [2.24, 2.45) is 0 Å². The van der Waals surface area contributed by atoms with Crippen molar-refractivity contribution >= 4 is 5.97 Å². The molecule has 3 rings (SSSR count). The van der Waals surface area contributed by atoms with E-state index in [4.69, 9.17) is 18.9 Å². The summed E-state index contributed by atoms with van der Waals surface area (Å²) in [5.41, 5.74) is -1.77. The van der Waals surface area contributed by atoms with Crippen LogP contribution in [-0.2, 0) is 32.5 Å². The van der Waals surface area contributed by atoms with Gasteiger partial charge in [0.05, 0.1) is 31.3 Å². The summed E-state index contributed by atoms with van der Waals surface area (Å²) in [5.74, 6) is -0.634. The Morgan fingerprint density at radius 2 is 1.77 bits per heavy atom. The van der Waals surface area contributed by atoms with Crippen LogP contribution in [0.15, 0.2) is 36.4 Å². The van der Waals surface area contributed by atoms with Gasteiger partial charge in [-0.2, -0.15) is 13.2 Å². The Hall–Kier alpha value is -2.78. The Bertz CT molecular complexity index is 949. The van der Waals surface area contributed by atoms with Crippen LogP contribution < -0.4 is 9.47 Å². The SMILES string of the molecule is COc1cc(C2OCCO2)ccc1OCc1ccc(C(C)(C)C(=O)O)cc1C(F)(F)F. The van der Waals surface area contributed by atoms with Gasteiger partial charge >= 0.3 is 12.1 Å². The third-order valence-electron chi connectivity index (χ3n) is 5.14. The minimum Gasteiger partial charge on any atom is -0.493 e. The maximum Gasteiger partial charge on any atom is 0.416 e. The average molecular weight is 440 g/mol. The first-order valence-electron chi connectivity index (χ1n) is 9.52. The maximum absolute atomic E-state index is 13.7. The van der Waals surface area contributed by atoms with Crippen LogP contribution in [-0.4, -0.2) is 31.4 Å². The number of carboxylic acids is 1. The molecule has 1 aliphatic heterocycles. The Morgan fingerprint density at radius 1 is 1.10 bits per heavy atom. The molecule has 168 valence electrons. The highest BCUT2D eigenvalue weighted by Gasteiger charge is 2.37. The summed E-state index contributed by atoms with van der Waals surface area (Å²) in [7, 11) is 1.42. The van der Waals surface area contributed by atoms with Crippen molar-refractivity contribution in [3.63, 3.8) is 0 Å². The van der Waals surface area contributed by atoms with Gasteiger partial charge in [0.15, 0.2) is 17.8 Å². The van der Waals surface area contributed by atoms with E-state index < -0.39 is 29.4 Å². The molecule has 1 aliphatic rings. The van der Waals surface area contributed by atoms with Gasteiger partial charge in [-0.25, -0.2) is 0 Å². The Balaban J connectivity index is 1.86. The maximum atomic E-state index is 13.7. The summed E-state index contributed by atoms with van der Waals surface area (Å²) in [4.78, 5) is 11.4. The lowest BCUT2D eigenvalue weighted by atomic mass is 9.83. The number of benzene rings is 2. The molecule has 1 saturated heterocycles. The second kappa shape index (κ2) is 8.76. The Morgan fingerprint density at radius 3 is 2.35 bits per heavy atom. The van der Waals surface area contributed by atoms with Gasteiger partial charge in [0.25, 0.3) is 0 Å². The molecule has 0 spiro atoms. The van der Waals surface area contributed by atoms with Crippen molar-refractivity contribution in [3.05, 3.63) is 58.7 Å². The third kappa shape index (κ3) is 4.94. The van der Waals surface area contributed by atoms with E-state index in [1.165, 1.54) is 33.1 Å². The van der Waals surface area contributed by atoms with Crippen LogP contribution in [0.1, 0.15) is 42.4 Å². The van der Waals surface area contributed by atoms with Crippen molar-refractivity contribution in [2.75, 3.05) is 20.3 Å². The second-order valence-electron chi connectivity index (χ2n) is 7.57. The molecule has 9 heteroatoms. The second-order valence-corrected chi connectivity index (χ2v) is 7.57. The quantitative estimate of drug-likeness (QED) is 0.673. The fraction of sp³-hybridized carbons (Fsp3) is 0.409. The van der Waals surface area contributed by atoms with Crippen molar-refractivity contribution in [2.45, 2.75) is 38.3 Å². The molecule has 1 heterocycles. The number of halogens is 3. The molecule has 31 heavy (non-hydrogen) atoms. The molecule has 0 bridgehead atoms. The van der Waals surface area contributed by atoms with Gasteiger partial charge in [-0.05, 0) is 37.6 Å². The number of carbonyl (C=O) groups is 1. The number of carboxylic acid groups (broad SMARTS) is 1. The first kappa shape index (κ1) is 22.9. The van der Waals surface area contributed by atoms with Crippen LogP contribution in [0.25, 0.3) is 0 Å². The highest BCUT2D eigenvalue weighted by Crippen LogP contribution is 2.37. The minimum atomic E-state index is -4.67. The number of hydrogen-bond acceptors (Lipinski definition) is 5. The first-order valence-corrected chi connectivity index (χ1v) is 9.52. The fourth-order valence-corrected chi connectivity index (χ4v) is 3.13. The van der Waals surface area contributed by atoms with Crippen molar-refractivity contribution < 1.29 is 42.0 Å². The van der Waals surface area contributed by atoms with Gasteiger partial charge in [0, 0.05) is 11.1 Å². The van der Waals surface area contributed by atoms with Crippen LogP contribution >= 0.6 is 0 Å². The summed E-state index contributed by atoms with van der Waals surface area (Å²) < 4.78 is 62.8. The van der Waals surface area contributed by atoms with Crippen LogP contribution in [0.2, 0.25) is 0 Å². The highest BCUT2D eigenvalue weighted by molar-refractivity contribution is 5.80. The number of methoxy groups -OCH3 is 1. The molecule has 1 fully saturated rings. The lowest BCUT2D eigenvalue weighted by Crippen LogP contribution is -2.29. The van der Waals surface area contributed by atoms with Crippen molar-refractivity contribution in [3.8, 4) is 11.5 Å². The monoisotopic (exact) mass is 440 g/mol. The molecule has 0 aliphatic carbocycles. The van der Waals surface area contributed by atoms with E-state index in [1.54, 1.807) is 18.2 Å². The van der Waals surface area contributed by atoms with Crippen molar-refractivity contribution in [1.29, 1.82) is 0 Å². The molecule has 2 aromatic carbocycles. The van der Waals surface area contributed by atoms with E-state index in [-0.39, 0.29) is 23.5 Å². The number of ether oxygens (including phenoxy) is 4. The molecular formula is C22H23F3O6. The zero-order valence-electron chi connectivity index (χ0n) is 17.3. The van der Waals surface area contributed by atoms with Gasteiger partial charge in [-0.1, -0.05) is 18.2 Å². The smallest absolute Gasteiger partial charge is 0.416 e. The number of aliphatic carboxylic acids is 1. The predicted octanol–water partition coefficient (Wildman–Crippen LogP) is 4.70. The van der Waals surface area contributed by atoms with Crippen LogP contribution in [0.5, 0.6) is 11.5 Å².